The molecule has 1 fully saturated rings. The van der Waals surface area contributed by atoms with Gasteiger partial charge in [0.1, 0.15) is 0 Å². The van der Waals surface area contributed by atoms with Crippen molar-refractivity contribution in [1.82, 2.24) is 5.32 Å². The summed E-state index contributed by atoms with van der Waals surface area (Å²) in [5.41, 5.74) is 0. The Morgan fingerprint density at radius 3 is 2.40 bits per heavy atom. The van der Waals surface area contributed by atoms with Crippen LogP contribution in [0.3, 0.4) is 0 Å². The van der Waals surface area contributed by atoms with Crippen molar-refractivity contribution in [2.45, 2.75) is 88.7 Å². The molecule has 1 N–H and O–H groups in total. The van der Waals surface area contributed by atoms with Gasteiger partial charge in [0.05, 0.1) is 0 Å². The summed E-state index contributed by atoms with van der Waals surface area (Å²) in [5.74, 6) is 2.71. The van der Waals surface area contributed by atoms with Crippen molar-refractivity contribution in [2.24, 2.45) is 0 Å². The quantitative estimate of drug-likeness (QED) is 0.516. The van der Waals surface area contributed by atoms with E-state index in [0.717, 1.165) is 16.5 Å². The van der Waals surface area contributed by atoms with Crippen LogP contribution >= 0.6 is 23.5 Å². The molecule has 3 atom stereocenters. The first-order valence-corrected chi connectivity index (χ1v) is 10.9. The van der Waals surface area contributed by atoms with Crippen LogP contribution in [0.4, 0.5) is 0 Å². The van der Waals surface area contributed by atoms with Gasteiger partial charge in [0.15, 0.2) is 0 Å². The lowest BCUT2D eigenvalue weighted by Crippen LogP contribution is -2.45. The van der Waals surface area contributed by atoms with Crippen LogP contribution in [0, 0.1) is 0 Å². The van der Waals surface area contributed by atoms with E-state index in [1.54, 1.807) is 0 Å². The Bertz CT molecular complexity index is 223. The summed E-state index contributed by atoms with van der Waals surface area (Å²) in [4.78, 5) is 0. The fourth-order valence-electron chi connectivity index (χ4n) is 2.99. The van der Waals surface area contributed by atoms with Gasteiger partial charge in [0.25, 0.3) is 0 Å². The summed E-state index contributed by atoms with van der Waals surface area (Å²) in [5, 5.41) is 5.58. The third-order valence-corrected chi connectivity index (χ3v) is 7.57. The molecule has 120 valence electrons. The fraction of sp³-hybridized carbons (Fsp3) is 1.00. The van der Waals surface area contributed by atoms with E-state index in [4.69, 9.17) is 0 Å². The van der Waals surface area contributed by atoms with Gasteiger partial charge in [-0.2, -0.15) is 23.5 Å². The van der Waals surface area contributed by atoms with Gasteiger partial charge >= 0.3 is 0 Å². The lowest BCUT2D eigenvalue weighted by molar-refractivity contribution is 0.432. The number of rotatable bonds is 11. The maximum Gasteiger partial charge on any atom is 0.0320 e. The maximum absolute atomic E-state index is 3.86. The standard InChI is InChI=1S/C17H35NS2/c1-4-7-8-9-10-11-15(18-12-5-2)17-16(6-3)19-13-14-20-17/h15-18H,4-14H2,1-3H3. The molecule has 1 aliphatic heterocycles. The number of unbranched alkanes of at least 4 members (excludes halogenated alkanes) is 4. The molecule has 0 amide bonds. The lowest BCUT2D eigenvalue weighted by Gasteiger charge is -2.36. The zero-order valence-corrected chi connectivity index (χ0v) is 15.5. The van der Waals surface area contributed by atoms with Crippen molar-refractivity contribution in [3.8, 4) is 0 Å². The second-order valence-corrected chi connectivity index (χ2v) is 8.55. The Kier molecular flexibility index (Phi) is 11.4. The van der Waals surface area contributed by atoms with Crippen molar-refractivity contribution in [3.63, 3.8) is 0 Å². The predicted octanol–water partition coefficient (Wildman–Crippen LogP) is 5.34. The molecule has 1 aliphatic rings. The van der Waals surface area contributed by atoms with Gasteiger partial charge in [-0.25, -0.2) is 0 Å². The number of thioether (sulfide) groups is 2. The van der Waals surface area contributed by atoms with E-state index in [1.165, 1.54) is 69.4 Å². The Hall–Kier alpha value is 0.660. The van der Waals surface area contributed by atoms with Gasteiger partial charge in [0.2, 0.25) is 0 Å². The highest BCUT2D eigenvalue weighted by atomic mass is 32.2. The zero-order valence-electron chi connectivity index (χ0n) is 13.8. The molecular weight excluding hydrogens is 282 g/mol. The third-order valence-electron chi connectivity index (χ3n) is 4.17. The average molecular weight is 318 g/mol. The van der Waals surface area contributed by atoms with Gasteiger partial charge in [-0.05, 0) is 25.8 Å². The molecule has 1 rings (SSSR count). The van der Waals surface area contributed by atoms with Crippen LogP contribution < -0.4 is 5.32 Å². The van der Waals surface area contributed by atoms with Crippen molar-refractivity contribution >= 4 is 23.5 Å². The maximum atomic E-state index is 3.86. The first-order valence-electron chi connectivity index (χ1n) is 8.80. The van der Waals surface area contributed by atoms with Crippen LogP contribution in [0.5, 0.6) is 0 Å². The summed E-state index contributed by atoms with van der Waals surface area (Å²) in [7, 11) is 0. The van der Waals surface area contributed by atoms with Crippen LogP contribution in [0.2, 0.25) is 0 Å². The molecule has 0 radical (unpaired) electrons. The highest BCUT2D eigenvalue weighted by Gasteiger charge is 2.31. The molecule has 3 unspecified atom stereocenters. The highest BCUT2D eigenvalue weighted by molar-refractivity contribution is 8.07. The minimum absolute atomic E-state index is 0.749. The van der Waals surface area contributed by atoms with Gasteiger partial charge in [0, 0.05) is 28.0 Å². The van der Waals surface area contributed by atoms with E-state index >= 15 is 0 Å². The van der Waals surface area contributed by atoms with Gasteiger partial charge < -0.3 is 5.32 Å². The Morgan fingerprint density at radius 2 is 1.70 bits per heavy atom. The van der Waals surface area contributed by atoms with Crippen molar-refractivity contribution in [3.05, 3.63) is 0 Å². The Labute approximate surface area is 135 Å². The van der Waals surface area contributed by atoms with E-state index in [-0.39, 0.29) is 0 Å². The fourth-order valence-corrected chi connectivity index (χ4v) is 6.29. The van der Waals surface area contributed by atoms with E-state index in [1.807, 2.05) is 0 Å². The van der Waals surface area contributed by atoms with Gasteiger partial charge in [-0.1, -0.05) is 52.9 Å². The van der Waals surface area contributed by atoms with Crippen molar-refractivity contribution < 1.29 is 0 Å². The van der Waals surface area contributed by atoms with E-state index < -0.39 is 0 Å². The molecule has 1 saturated heterocycles. The molecule has 1 heterocycles. The largest absolute Gasteiger partial charge is 0.313 e. The van der Waals surface area contributed by atoms with E-state index in [0.29, 0.717) is 0 Å². The highest BCUT2D eigenvalue weighted by Crippen LogP contribution is 2.36. The molecule has 0 aromatic heterocycles. The molecule has 0 aromatic carbocycles. The second kappa shape index (κ2) is 12.2. The molecule has 0 aliphatic carbocycles. The minimum atomic E-state index is 0.749. The summed E-state index contributed by atoms with van der Waals surface area (Å²) in [6.07, 6.45) is 11.0. The molecule has 0 spiro atoms. The molecule has 0 aromatic rings. The van der Waals surface area contributed by atoms with Crippen LogP contribution in [0.15, 0.2) is 0 Å². The molecular formula is C17H35NS2. The summed E-state index contributed by atoms with van der Waals surface area (Å²) in [6.45, 7) is 8.14. The molecule has 0 saturated carbocycles. The summed E-state index contributed by atoms with van der Waals surface area (Å²) < 4.78 is 0. The van der Waals surface area contributed by atoms with Crippen molar-refractivity contribution in [2.75, 3.05) is 18.1 Å². The van der Waals surface area contributed by atoms with E-state index in [2.05, 4.69) is 49.6 Å². The number of hydrogen-bond acceptors (Lipinski definition) is 3. The Balaban J connectivity index is 2.40. The third kappa shape index (κ3) is 7.09. The smallest absolute Gasteiger partial charge is 0.0320 e. The summed E-state index contributed by atoms with van der Waals surface area (Å²) >= 11 is 4.46. The topological polar surface area (TPSA) is 12.0 Å². The monoisotopic (exact) mass is 317 g/mol. The molecule has 3 heteroatoms. The molecule has 0 bridgehead atoms. The van der Waals surface area contributed by atoms with Crippen LogP contribution in [0.1, 0.15) is 72.1 Å². The van der Waals surface area contributed by atoms with Gasteiger partial charge in [-0.15, -0.1) is 0 Å². The van der Waals surface area contributed by atoms with Gasteiger partial charge in [-0.3, -0.25) is 0 Å². The number of nitrogens with one attached hydrogen (secondary N) is 1. The zero-order chi connectivity index (χ0) is 14.6. The molecule has 1 nitrogen and oxygen atoms in total. The first kappa shape index (κ1) is 18.7. The average Bonchev–Trinajstić information content (AvgIpc) is 2.50. The predicted molar refractivity (Wildman–Crippen MR) is 98.2 cm³/mol. The normalized spacial score (nSPS) is 24.8. The van der Waals surface area contributed by atoms with E-state index in [9.17, 15) is 0 Å². The molecule has 20 heavy (non-hydrogen) atoms. The Morgan fingerprint density at radius 1 is 0.950 bits per heavy atom. The SMILES string of the molecule is CCCCCCCC(NCCC)C1SCCSC1CC. The second-order valence-electron chi connectivity index (χ2n) is 5.92. The van der Waals surface area contributed by atoms with Crippen LogP contribution in [0.25, 0.3) is 0 Å². The first-order chi connectivity index (χ1) is 9.83. The lowest BCUT2D eigenvalue weighted by atomic mass is 10.0. The van der Waals surface area contributed by atoms with Crippen molar-refractivity contribution in [1.29, 1.82) is 0 Å². The van der Waals surface area contributed by atoms with Crippen LogP contribution in [-0.4, -0.2) is 34.6 Å². The van der Waals surface area contributed by atoms with Crippen LogP contribution in [-0.2, 0) is 0 Å². The number of hydrogen-bond donors (Lipinski definition) is 1. The summed E-state index contributed by atoms with van der Waals surface area (Å²) in [6, 6.07) is 0.749. The minimum Gasteiger partial charge on any atom is -0.313 e.